The fraction of sp³-hybridized carbons (Fsp3) is 0.526. The standard InChI is InChI=1S/C19H24O8/c1-5-27-13-8-10(6-7-11(13)20)14-15(17(22)25-3)12(21)9-19(2,24)16(14)18(23)26-4/h6-8,14-16,20,24H,5,9H2,1-4H3/t14-,15-,16+,19+/m1/s1. The fourth-order valence-electron chi connectivity index (χ4n) is 3.68. The lowest BCUT2D eigenvalue weighted by Gasteiger charge is -2.43. The predicted octanol–water partition coefficient (Wildman–Crippen LogP) is 1.18. The van der Waals surface area contributed by atoms with Crippen LogP contribution in [0.15, 0.2) is 18.2 Å². The Balaban J connectivity index is 2.67. The number of ketones is 1. The minimum atomic E-state index is -1.72. The summed E-state index contributed by atoms with van der Waals surface area (Å²) in [6.07, 6.45) is -0.389. The summed E-state index contributed by atoms with van der Waals surface area (Å²) in [5, 5.41) is 20.7. The highest BCUT2D eigenvalue weighted by Gasteiger charge is 2.57. The maximum absolute atomic E-state index is 12.6. The second-order valence-electron chi connectivity index (χ2n) is 6.69. The van der Waals surface area contributed by atoms with Crippen molar-refractivity contribution < 1.29 is 38.8 Å². The van der Waals surface area contributed by atoms with E-state index in [0.29, 0.717) is 5.56 Å². The van der Waals surface area contributed by atoms with Crippen LogP contribution in [0.25, 0.3) is 0 Å². The number of phenols is 1. The fourth-order valence-corrected chi connectivity index (χ4v) is 3.68. The zero-order chi connectivity index (χ0) is 20.4. The second kappa shape index (κ2) is 7.96. The van der Waals surface area contributed by atoms with E-state index in [4.69, 9.17) is 14.2 Å². The van der Waals surface area contributed by atoms with Gasteiger partial charge in [-0.15, -0.1) is 0 Å². The van der Waals surface area contributed by atoms with E-state index in [1.165, 1.54) is 32.2 Å². The summed E-state index contributed by atoms with van der Waals surface area (Å²) >= 11 is 0. The summed E-state index contributed by atoms with van der Waals surface area (Å²) in [6, 6.07) is 4.27. The van der Waals surface area contributed by atoms with E-state index in [2.05, 4.69) is 0 Å². The van der Waals surface area contributed by atoms with Crippen LogP contribution in [0.5, 0.6) is 11.5 Å². The molecular weight excluding hydrogens is 356 g/mol. The van der Waals surface area contributed by atoms with Gasteiger partial charge in [0.1, 0.15) is 5.92 Å². The molecule has 148 valence electrons. The zero-order valence-electron chi connectivity index (χ0n) is 15.7. The van der Waals surface area contributed by atoms with Crippen molar-refractivity contribution in [1.29, 1.82) is 0 Å². The maximum Gasteiger partial charge on any atom is 0.316 e. The summed E-state index contributed by atoms with van der Waals surface area (Å²) in [7, 11) is 2.32. The molecule has 1 fully saturated rings. The normalized spacial score (nSPS) is 27.7. The molecule has 8 nitrogen and oxygen atoms in total. The largest absolute Gasteiger partial charge is 0.504 e. The SMILES string of the molecule is CCOc1cc([C@@H]2[C@H](C(=O)OC)C(=O)C[C@](C)(O)[C@@H]2C(=O)OC)ccc1O. The summed E-state index contributed by atoms with van der Waals surface area (Å²) in [5.41, 5.74) is -1.35. The number of ether oxygens (including phenoxy) is 3. The Morgan fingerprint density at radius 2 is 1.85 bits per heavy atom. The topological polar surface area (TPSA) is 119 Å². The Morgan fingerprint density at radius 1 is 1.22 bits per heavy atom. The van der Waals surface area contributed by atoms with Crippen LogP contribution in [0.1, 0.15) is 31.7 Å². The van der Waals surface area contributed by atoms with Crippen LogP contribution < -0.4 is 4.74 Å². The van der Waals surface area contributed by atoms with Crippen molar-refractivity contribution in [3.8, 4) is 11.5 Å². The van der Waals surface area contributed by atoms with Gasteiger partial charge in [-0.2, -0.15) is 0 Å². The monoisotopic (exact) mass is 380 g/mol. The average Bonchev–Trinajstić information content (AvgIpc) is 2.61. The first-order valence-corrected chi connectivity index (χ1v) is 8.54. The van der Waals surface area contributed by atoms with E-state index in [1.807, 2.05) is 0 Å². The van der Waals surface area contributed by atoms with Gasteiger partial charge >= 0.3 is 11.9 Å². The van der Waals surface area contributed by atoms with Gasteiger partial charge in [-0.05, 0) is 31.5 Å². The third kappa shape index (κ3) is 3.90. The molecule has 0 radical (unpaired) electrons. The predicted molar refractivity (Wildman–Crippen MR) is 93.3 cm³/mol. The molecule has 1 aliphatic rings. The van der Waals surface area contributed by atoms with Crippen LogP contribution in [-0.2, 0) is 23.9 Å². The van der Waals surface area contributed by atoms with E-state index < -0.39 is 41.1 Å². The number of carbonyl (C=O) groups excluding carboxylic acids is 3. The first kappa shape index (κ1) is 20.7. The lowest BCUT2D eigenvalue weighted by atomic mass is 9.61. The minimum Gasteiger partial charge on any atom is -0.504 e. The highest BCUT2D eigenvalue weighted by molar-refractivity contribution is 6.02. The molecule has 8 heteroatoms. The molecule has 2 N–H and O–H groups in total. The van der Waals surface area contributed by atoms with E-state index in [1.54, 1.807) is 6.92 Å². The van der Waals surface area contributed by atoms with Crippen LogP contribution in [0.2, 0.25) is 0 Å². The van der Waals surface area contributed by atoms with Gasteiger partial charge < -0.3 is 24.4 Å². The molecule has 0 unspecified atom stereocenters. The second-order valence-corrected chi connectivity index (χ2v) is 6.69. The third-order valence-electron chi connectivity index (χ3n) is 4.85. The van der Waals surface area contributed by atoms with Gasteiger partial charge in [0.25, 0.3) is 0 Å². The van der Waals surface area contributed by atoms with Crippen LogP contribution >= 0.6 is 0 Å². The quantitative estimate of drug-likeness (QED) is 0.577. The van der Waals surface area contributed by atoms with Crippen LogP contribution in [0.4, 0.5) is 0 Å². The Kier molecular flexibility index (Phi) is 6.10. The lowest BCUT2D eigenvalue weighted by molar-refractivity contribution is -0.170. The van der Waals surface area contributed by atoms with Gasteiger partial charge in [0.05, 0.1) is 32.3 Å². The first-order chi connectivity index (χ1) is 12.7. The highest BCUT2D eigenvalue weighted by Crippen LogP contribution is 2.47. The number of carbonyl (C=O) groups is 3. The molecule has 1 aromatic carbocycles. The molecule has 0 aliphatic heterocycles. The van der Waals surface area contributed by atoms with Gasteiger partial charge in [0.2, 0.25) is 0 Å². The maximum atomic E-state index is 12.6. The first-order valence-electron chi connectivity index (χ1n) is 8.54. The number of phenolic OH excluding ortho intramolecular Hbond substituents is 1. The number of aromatic hydroxyl groups is 1. The van der Waals surface area contributed by atoms with Crippen molar-refractivity contribution in [2.24, 2.45) is 11.8 Å². The molecular formula is C19H24O8. The summed E-state index contributed by atoms with van der Waals surface area (Å²) in [4.78, 5) is 37.5. The molecule has 0 heterocycles. The number of rotatable bonds is 5. The molecule has 27 heavy (non-hydrogen) atoms. The van der Waals surface area contributed by atoms with Gasteiger partial charge in [-0.3, -0.25) is 14.4 Å². The Labute approximate surface area is 157 Å². The van der Waals surface area contributed by atoms with Crippen molar-refractivity contribution in [2.45, 2.75) is 31.8 Å². The third-order valence-corrected chi connectivity index (χ3v) is 4.85. The van der Waals surface area contributed by atoms with Crippen LogP contribution in [0, 0.1) is 11.8 Å². The van der Waals surface area contributed by atoms with E-state index in [-0.39, 0.29) is 24.5 Å². The van der Waals surface area contributed by atoms with Crippen molar-refractivity contribution in [2.75, 3.05) is 20.8 Å². The number of hydrogen-bond donors (Lipinski definition) is 2. The molecule has 1 aromatic rings. The average molecular weight is 380 g/mol. The van der Waals surface area contributed by atoms with Crippen molar-refractivity contribution in [3.05, 3.63) is 23.8 Å². The molecule has 1 saturated carbocycles. The van der Waals surface area contributed by atoms with Gasteiger partial charge in [-0.25, -0.2) is 0 Å². The van der Waals surface area contributed by atoms with Crippen LogP contribution in [0.3, 0.4) is 0 Å². The molecule has 1 aliphatic carbocycles. The Morgan fingerprint density at radius 3 is 2.41 bits per heavy atom. The van der Waals surface area contributed by atoms with Crippen molar-refractivity contribution >= 4 is 17.7 Å². The lowest BCUT2D eigenvalue weighted by Crippen LogP contribution is -2.55. The minimum absolute atomic E-state index is 0.126. The number of Topliss-reactive ketones (excluding diaryl/α,β-unsaturated/α-hetero) is 1. The van der Waals surface area contributed by atoms with E-state index in [0.717, 1.165) is 7.11 Å². The summed E-state index contributed by atoms with van der Waals surface area (Å²) in [5.74, 6) is -5.61. The number of hydrogen-bond acceptors (Lipinski definition) is 8. The highest BCUT2D eigenvalue weighted by atomic mass is 16.5. The Hall–Kier alpha value is -2.61. The van der Waals surface area contributed by atoms with Crippen LogP contribution in [-0.4, -0.2) is 54.4 Å². The number of methoxy groups -OCH3 is 2. The smallest absolute Gasteiger partial charge is 0.316 e. The zero-order valence-corrected chi connectivity index (χ0v) is 15.7. The molecule has 4 atom stereocenters. The van der Waals surface area contributed by atoms with Gasteiger partial charge in [-0.1, -0.05) is 6.07 Å². The number of benzene rings is 1. The number of esters is 2. The summed E-state index contributed by atoms with van der Waals surface area (Å²) in [6.45, 7) is 3.37. The molecule has 0 saturated heterocycles. The Bertz CT molecular complexity index is 739. The molecule has 0 amide bonds. The van der Waals surface area contributed by atoms with Gasteiger partial charge in [0, 0.05) is 12.3 Å². The number of aliphatic hydroxyl groups is 1. The van der Waals surface area contributed by atoms with Crippen molar-refractivity contribution in [1.82, 2.24) is 0 Å². The molecule has 0 bridgehead atoms. The van der Waals surface area contributed by atoms with Crippen molar-refractivity contribution in [3.63, 3.8) is 0 Å². The molecule has 0 aromatic heterocycles. The van der Waals surface area contributed by atoms with Gasteiger partial charge in [0.15, 0.2) is 17.3 Å². The summed E-state index contributed by atoms with van der Waals surface area (Å²) < 4.78 is 15.0. The molecule has 2 rings (SSSR count). The van der Waals surface area contributed by atoms with E-state index >= 15 is 0 Å². The molecule has 0 spiro atoms. The van der Waals surface area contributed by atoms with E-state index in [9.17, 15) is 24.6 Å².